The summed E-state index contributed by atoms with van der Waals surface area (Å²) in [4.78, 5) is 22.0. The Kier molecular flexibility index (Phi) is 5.16. The first-order valence-electron chi connectivity index (χ1n) is 10.5. The molecule has 0 radical (unpaired) electrons. The molecule has 10 heteroatoms. The van der Waals surface area contributed by atoms with Gasteiger partial charge in [-0.2, -0.15) is 13.2 Å². The molecule has 176 valence electrons. The van der Waals surface area contributed by atoms with Gasteiger partial charge in [0, 0.05) is 16.8 Å². The van der Waals surface area contributed by atoms with Gasteiger partial charge >= 0.3 is 6.18 Å². The summed E-state index contributed by atoms with van der Waals surface area (Å²) in [5.74, 6) is -1.18. The molecule has 3 N–H and O–H groups in total. The summed E-state index contributed by atoms with van der Waals surface area (Å²) in [7, 11) is 0. The Balaban J connectivity index is 1.58. The lowest BCUT2D eigenvalue weighted by molar-refractivity contribution is -0.137. The number of anilines is 2. The predicted octanol–water partition coefficient (Wildman–Crippen LogP) is 5.87. The zero-order valence-corrected chi connectivity index (χ0v) is 18.2. The molecule has 0 atom stereocenters. The third kappa shape index (κ3) is 3.92. The number of alkyl halides is 3. The van der Waals surface area contributed by atoms with Crippen molar-refractivity contribution in [3.63, 3.8) is 0 Å². The molecule has 2 heterocycles. The molecular weight excluding hydrogens is 462 g/mol. The predicted molar refractivity (Wildman–Crippen MR) is 125 cm³/mol. The number of hydrogen-bond acceptors (Lipinski definition) is 4. The molecule has 0 saturated heterocycles. The molecule has 0 saturated carbocycles. The number of carbonyl (C=O) groups excluding carboxylic acids is 1. The highest BCUT2D eigenvalue weighted by Crippen LogP contribution is 2.33. The van der Waals surface area contributed by atoms with E-state index in [1.165, 1.54) is 28.8 Å². The third-order valence-electron chi connectivity index (χ3n) is 5.64. The van der Waals surface area contributed by atoms with Crippen molar-refractivity contribution in [2.75, 3.05) is 11.1 Å². The van der Waals surface area contributed by atoms with Crippen LogP contribution in [-0.4, -0.2) is 20.4 Å². The van der Waals surface area contributed by atoms with Gasteiger partial charge in [0.05, 0.1) is 22.3 Å². The molecule has 0 bridgehead atoms. The van der Waals surface area contributed by atoms with Crippen molar-refractivity contribution < 1.29 is 22.4 Å². The molecule has 35 heavy (non-hydrogen) atoms. The highest BCUT2D eigenvalue weighted by atomic mass is 19.4. The maximum atomic E-state index is 15.0. The van der Waals surface area contributed by atoms with Gasteiger partial charge in [-0.05, 0) is 55.5 Å². The van der Waals surface area contributed by atoms with Crippen LogP contribution in [-0.2, 0) is 6.18 Å². The molecular formula is C25H17F4N5O. The van der Waals surface area contributed by atoms with E-state index in [1.54, 1.807) is 25.1 Å². The van der Waals surface area contributed by atoms with Crippen LogP contribution in [0.3, 0.4) is 0 Å². The maximum Gasteiger partial charge on any atom is 0.416 e. The number of carbonyl (C=O) groups is 1. The van der Waals surface area contributed by atoms with Crippen LogP contribution in [0.1, 0.15) is 21.5 Å². The molecule has 1 amide bonds. The second-order valence-electron chi connectivity index (χ2n) is 7.93. The number of nitrogens with zero attached hydrogens (tertiary/aromatic N) is 3. The number of benzene rings is 3. The Morgan fingerprint density at radius 1 is 0.971 bits per heavy atom. The quantitative estimate of drug-likeness (QED) is 0.317. The van der Waals surface area contributed by atoms with Gasteiger partial charge in [0.1, 0.15) is 17.2 Å². The first-order valence-corrected chi connectivity index (χ1v) is 10.5. The summed E-state index contributed by atoms with van der Waals surface area (Å²) in [6.07, 6.45) is -4.56. The van der Waals surface area contributed by atoms with Crippen LogP contribution >= 0.6 is 0 Å². The van der Waals surface area contributed by atoms with Gasteiger partial charge < -0.3 is 11.1 Å². The van der Waals surface area contributed by atoms with Gasteiger partial charge in [0.2, 0.25) is 0 Å². The molecule has 0 unspecified atom stereocenters. The highest BCUT2D eigenvalue weighted by Gasteiger charge is 2.30. The standard InChI is InChI=1S/C25H17F4N5O/c1-13-21-23(33-19-8-3-2-7-18(19)32-21)34(22(13)30)20-11-14(9-10-17(20)26)24(35)31-16-6-4-5-15(12-16)25(27,28)29/h2-12H,30H2,1H3,(H,31,35). The number of aryl methyl sites for hydroxylation is 1. The first kappa shape index (κ1) is 22.3. The minimum Gasteiger partial charge on any atom is -0.384 e. The Hall–Kier alpha value is -4.47. The Labute approximate surface area is 196 Å². The van der Waals surface area contributed by atoms with E-state index in [9.17, 15) is 22.4 Å². The molecule has 3 aromatic carbocycles. The number of rotatable bonds is 3. The lowest BCUT2D eigenvalue weighted by Crippen LogP contribution is -2.14. The third-order valence-corrected chi connectivity index (χ3v) is 5.64. The maximum absolute atomic E-state index is 15.0. The largest absolute Gasteiger partial charge is 0.416 e. The lowest BCUT2D eigenvalue weighted by Gasteiger charge is -2.12. The summed E-state index contributed by atoms with van der Waals surface area (Å²) in [6.45, 7) is 1.74. The van der Waals surface area contributed by atoms with E-state index in [0.29, 0.717) is 27.8 Å². The van der Waals surface area contributed by atoms with E-state index >= 15 is 0 Å². The zero-order valence-electron chi connectivity index (χ0n) is 18.2. The van der Waals surface area contributed by atoms with Crippen molar-refractivity contribution >= 4 is 39.6 Å². The summed E-state index contributed by atoms with van der Waals surface area (Å²) >= 11 is 0. The van der Waals surface area contributed by atoms with Crippen molar-refractivity contribution in [3.05, 3.63) is 89.2 Å². The number of nitrogens with two attached hydrogens (primary N) is 1. The lowest BCUT2D eigenvalue weighted by atomic mass is 10.1. The highest BCUT2D eigenvalue weighted by molar-refractivity contribution is 6.05. The summed E-state index contributed by atoms with van der Waals surface area (Å²) < 4.78 is 55.3. The SMILES string of the molecule is Cc1c(N)n(-c2cc(C(=O)Nc3cccc(C(F)(F)F)c3)ccc2F)c2nc3ccccc3nc12. The molecule has 0 spiro atoms. The second-order valence-corrected chi connectivity index (χ2v) is 7.93. The molecule has 6 nitrogen and oxygen atoms in total. The van der Waals surface area contributed by atoms with E-state index in [2.05, 4.69) is 15.3 Å². The van der Waals surface area contributed by atoms with Gasteiger partial charge in [-0.1, -0.05) is 18.2 Å². The summed E-state index contributed by atoms with van der Waals surface area (Å²) in [6, 6.07) is 15.0. The average molecular weight is 479 g/mol. The van der Waals surface area contributed by atoms with Crippen molar-refractivity contribution in [1.29, 1.82) is 0 Å². The molecule has 5 rings (SSSR count). The fourth-order valence-electron chi connectivity index (χ4n) is 3.85. The first-order chi connectivity index (χ1) is 16.6. The van der Waals surface area contributed by atoms with Gasteiger partial charge in [-0.15, -0.1) is 0 Å². The Morgan fingerprint density at radius 2 is 1.69 bits per heavy atom. The van der Waals surface area contributed by atoms with Crippen molar-refractivity contribution in [2.24, 2.45) is 0 Å². The number of hydrogen-bond donors (Lipinski definition) is 2. The average Bonchev–Trinajstić information content (AvgIpc) is 3.07. The van der Waals surface area contributed by atoms with Crippen molar-refractivity contribution in [2.45, 2.75) is 13.1 Å². The molecule has 5 aromatic rings. The van der Waals surface area contributed by atoms with Gasteiger partial charge in [0.25, 0.3) is 5.91 Å². The number of fused-ring (bicyclic) bond motifs is 2. The van der Waals surface area contributed by atoms with E-state index in [1.807, 2.05) is 6.07 Å². The van der Waals surface area contributed by atoms with E-state index in [0.717, 1.165) is 18.2 Å². The minimum atomic E-state index is -4.56. The smallest absolute Gasteiger partial charge is 0.384 e. The number of para-hydroxylation sites is 2. The molecule has 0 aliphatic carbocycles. The fraction of sp³-hybridized carbons (Fsp3) is 0.0800. The molecule has 0 aliphatic rings. The van der Waals surface area contributed by atoms with E-state index in [-0.39, 0.29) is 22.8 Å². The number of nitrogens with one attached hydrogen (secondary N) is 1. The van der Waals surface area contributed by atoms with Crippen LogP contribution in [0.4, 0.5) is 29.1 Å². The molecule has 0 fully saturated rings. The van der Waals surface area contributed by atoms with Crippen LogP contribution in [0.25, 0.3) is 27.9 Å². The Bertz CT molecular complexity index is 1620. The molecule has 2 aromatic heterocycles. The Morgan fingerprint density at radius 3 is 2.40 bits per heavy atom. The number of amides is 1. The van der Waals surface area contributed by atoms with Crippen LogP contribution in [0.5, 0.6) is 0 Å². The fourth-order valence-corrected chi connectivity index (χ4v) is 3.85. The monoisotopic (exact) mass is 479 g/mol. The normalized spacial score (nSPS) is 11.8. The van der Waals surface area contributed by atoms with Crippen LogP contribution < -0.4 is 11.1 Å². The van der Waals surface area contributed by atoms with Gasteiger partial charge in [-0.3, -0.25) is 9.36 Å². The van der Waals surface area contributed by atoms with Crippen molar-refractivity contribution in [3.8, 4) is 5.69 Å². The topological polar surface area (TPSA) is 85.8 Å². The summed E-state index contributed by atoms with van der Waals surface area (Å²) in [5, 5.41) is 2.42. The number of aromatic nitrogens is 3. The van der Waals surface area contributed by atoms with Crippen molar-refractivity contribution in [1.82, 2.24) is 14.5 Å². The van der Waals surface area contributed by atoms with E-state index < -0.39 is 23.5 Å². The van der Waals surface area contributed by atoms with Gasteiger partial charge in [-0.25, -0.2) is 14.4 Å². The number of halogens is 4. The number of nitrogen functional groups attached to an aromatic ring is 1. The van der Waals surface area contributed by atoms with Crippen LogP contribution in [0, 0.1) is 12.7 Å². The minimum absolute atomic E-state index is 0.0199. The van der Waals surface area contributed by atoms with Gasteiger partial charge in [0.15, 0.2) is 5.65 Å². The second kappa shape index (κ2) is 8.08. The zero-order chi connectivity index (χ0) is 24.9. The van der Waals surface area contributed by atoms with Crippen LogP contribution in [0.15, 0.2) is 66.7 Å². The van der Waals surface area contributed by atoms with E-state index in [4.69, 9.17) is 5.73 Å². The molecule has 0 aliphatic heterocycles. The summed E-state index contributed by atoms with van der Waals surface area (Å²) in [5.41, 5.74) is 7.95. The van der Waals surface area contributed by atoms with Crippen LogP contribution in [0.2, 0.25) is 0 Å².